The van der Waals surface area contributed by atoms with Crippen molar-refractivity contribution in [2.45, 2.75) is 124 Å². The molecule has 1 spiro atoms. The highest BCUT2D eigenvalue weighted by molar-refractivity contribution is 6.16. The molecule has 0 bridgehead atoms. The van der Waals surface area contributed by atoms with Gasteiger partial charge < -0.3 is 41.9 Å². The van der Waals surface area contributed by atoms with Gasteiger partial charge in [0.05, 0.1) is 38.5 Å². The number of nitrogens with zero attached hydrogens (tertiary/aromatic N) is 8. The predicted molar refractivity (Wildman–Crippen MR) is 577 cm³/mol. The van der Waals surface area contributed by atoms with Crippen LogP contribution in [0.25, 0.3) is 148 Å². The molecule has 0 amide bonds. The van der Waals surface area contributed by atoms with Crippen molar-refractivity contribution in [3.63, 3.8) is 0 Å². The molecule has 0 saturated heterocycles. The van der Waals surface area contributed by atoms with Crippen LogP contribution in [0, 0.1) is 0 Å². The van der Waals surface area contributed by atoms with Gasteiger partial charge in [0.25, 0.3) is 0 Å². The lowest BCUT2D eigenvalue weighted by molar-refractivity contribution is 0.433. The highest BCUT2D eigenvalue weighted by Crippen LogP contribution is 2.62. The fourth-order valence-corrected chi connectivity index (χ4v) is 23.3. The molecule has 0 N–H and O–H groups in total. The largest absolute Gasteiger partial charge is 0.457 e. The first-order valence-electron chi connectivity index (χ1n) is 48.3. The minimum atomic E-state index is -0.413. The quantitative estimate of drug-likeness (QED) is 0.152. The lowest BCUT2D eigenvalue weighted by Crippen LogP contribution is -2.42. The zero-order chi connectivity index (χ0) is 92.5. The van der Waals surface area contributed by atoms with E-state index in [9.17, 15) is 0 Å². The zero-order valence-corrected chi connectivity index (χ0v) is 79.2. The molecule has 136 heavy (non-hydrogen) atoms. The SMILES string of the molecule is CC(C)N1c2ccccc2C(C)(C)c2ccccc21.CC(C)N1c2ccccc2C2(c3ccccc3Oc3ccccc32)c2ccccc21.CC(C)n1c2ccc(-n3c4ccccc4c4ccccc43)cc2c2cc(-n3c4ccccc4c4ccccc43)ccc21.CC(C)n1c2ccccc2c2cc(-n3c4ccccc4c4ccccc43)ccc21.CC(C)n1c2ccccc2c2ccccc21. The Kier molecular flexibility index (Phi) is 20.9. The fraction of sp³-hybridized carbons (Fsp3) is 0.150. The Bertz CT molecular complexity index is 8260. The number of ether oxygens (including phenoxy) is 1. The van der Waals surface area contributed by atoms with E-state index in [-0.39, 0.29) is 5.41 Å². The van der Waals surface area contributed by atoms with Crippen molar-refractivity contribution in [2.75, 3.05) is 9.80 Å². The minimum Gasteiger partial charge on any atom is -0.457 e. The summed E-state index contributed by atoms with van der Waals surface area (Å²) in [5.74, 6) is 1.86. The average Bonchev–Trinajstić information content (AvgIpc) is 1.32. The summed E-state index contributed by atoms with van der Waals surface area (Å²) in [6, 6.07) is 154. The summed E-state index contributed by atoms with van der Waals surface area (Å²) in [5.41, 5.74) is 31.5. The molecule has 27 rings (SSSR count). The Hall–Kier alpha value is -15.8. The molecule has 0 aliphatic carbocycles. The standard InChI is InChI=1S/C39H29N3.C28H23NO.C27H22N2.C18H21N.C15H15N/c1-25(2)40-38-21-19-26(41-34-15-7-3-11-28(34)29-12-4-8-16-35(29)41)23-32(38)33-24-27(20-22-39(33)40)42-36-17-9-5-13-30(36)31-14-6-10-18-37(31)42;1-19(2)29-24-15-7-3-11-20(24)28(21-12-4-8-16-25(21)29)22-13-5-9-17-26(22)30-27-18-10-6-14-23(27)28;1-18(2)28-24-12-6-5-11-22(24)23-17-19(15-16-27(23)28)29-25-13-7-3-9-20(25)21-10-4-8-14-26(21)29;1-13(2)19-16-11-7-5-9-14(16)18(3,4)15-10-6-8-12-17(15)19;1-11(2)16-14-9-5-3-7-12(14)13-8-4-6-10-15(13)16/h3-25H,1-2H3;3-19H,1-2H3;3-18H,1-2H3;5-13H,1-4H3;3-11H,1-2H3. The number of hydrogen-bond donors (Lipinski definition) is 0. The molecule has 664 valence electrons. The second kappa shape index (κ2) is 33.7. The van der Waals surface area contributed by atoms with Gasteiger partial charge in [0, 0.05) is 184 Å². The third-order valence-corrected chi connectivity index (χ3v) is 28.8. The first-order chi connectivity index (χ1) is 66.5. The molecule has 0 saturated carbocycles. The van der Waals surface area contributed by atoms with Gasteiger partial charge in [-0.1, -0.05) is 287 Å². The van der Waals surface area contributed by atoms with Crippen LogP contribution in [0.15, 0.2) is 419 Å². The van der Waals surface area contributed by atoms with Crippen molar-refractivity contribution in [3.8, 4) is 28.6 Å². The normalized spacial score (nSPS) is 13.3. The van der Waals surface area contributed by atoms with Crippen molar-refractivity contribution in [1.82, 2.24) is 27.4 Å². The van der Waals surface area contributed by atoms with E-state index in [0.717, 1.165) is 11.5 Å². The molecule has 0 fully saturated rings. The fourth-order valence-electron chi connectivity index (χ4n) is 23.3. The van der Waals surface area contributed by atoms with E-state index in [0.29, 0.717) is 30.2 Å². The van der Waals surface area contributed by atoms with E-state index < -0.39 is 5.41 Å². The smallest absolute Gasteiger partial charge is 0.132 e. The minimum absolute atomic E-state index is 0.0680. The maximum absolute atomic E-state index is 6.40. The molecule has 18 aromatic carbocycles. The highest BCUT2D eigenvalue weighted by Gasteiger charge is 2.51. The summed E-state index contributed by atoms with van der Waals surface area (Å²) in [6.45, 7) is 27.2. The number of aromatic nitrogens is 6. The number of hydrogen-bond acceptors (Lipinski definition) is 3. The Morgan fingerprint density at radius 3 is 0.654 bits per heavy atom. The Labute approximate surface area is 794 Å². The summed E-state index contributed by atoms with van der Waals surface area (Å²) in [4.78, 5) is 4.92. The van der Waals surface area contributed by atoms with Crippen LogP contribution in [0.1, 0.15) is 135 Å². The summed E-state index contributed by atoms with van der Waals surface area (Å²) >= 11 is 0. The predicted octanol–water partition coefficient (Wildman–Crippen LogP) is 34.3. The van der Waals surface area contributed by atoms with Gasteiger partial charge in [-0.25, -0.2) is 0 Å². The monoisotopic (exact) mass is 1760 g/mol. The summed E-state index contributed by atoms with van der Waals surface area (Å²) in [5, 5.41) is 15.6. The van der Waals surface area contributed by atoms with Crippen LogP contribution in [-0.2, 0) is 10.8 Å². The Balaban J connectivity index is 0.0000000994. The van der Waals surface area contributed by atoms with Gasteiger partial charge in [-0.3, -0.25) is 0 Å². The molecule has 9 nitrogen and oxygen atoms in total. The van der Waals surface area contributed by atoms with E-state index in [4.69, 9.17) is 4.74 Å². The third-order valence-electron chi connectivity index (χ3n) is 28.8. The average molecular weight is 1760 g/mol. The van der Waals surface area contributed by atoms with E-state index in [2.05, 4.69) is 539 Å². The van der Waals surface area contributed by atoms with Crippen LogP contribution in [0.5, 0.6) is 11.5 Å². The molecular weight excluding hydrogens is 1650 g/mol. The molecule has 0 unspecified atom stereocenters. The highest BCUT2D eigenvalue weighted by atomic mass is 16.5. The van der Waals surface area contributed by atoms with Gasteiger partial charge in [-0.2, -0.15) is 0 Å². The van der Waals surface area contributed by atoms with Gasteiger partial charge >= 0.3 is 0 Å². The maximum atomic E-state index is 6.40. The van der Waals surface area contributed by atoms with Crippen LogP contribution in [0.2, 0.25) is 0 Å². The number of anilines is 4. The van der Waals surface area contributed by atoms with E-state index >= 15 is 0 Å². The number of rotatable bonds is 8. The van der Waals surface area contributed by atoms with E-state index in [1.165, 1.54) is 204 Å². The Morgan fingerprint density at radius 1 is 0.184 bits per heavy atom. The molecule has 6 aromatic heterocycles. The lowest BCUT2D eigenvalue weighted by atomic mass is 9.61. The molecule has 9 heteroatoms. The molecule has 0 radical (unpaired) electrons. The second-order valence-corrected chi connectivity index (χ2v) is 38.6. The van der Waals surface area contributed by atoms with Crippen molar-refractivity contribution in [1.29, 1.82) is 0 Å². The first-order valence-corrected chi connectivity index (χ1v) is 48.3. The van der Waals surface area contributed by atoms with Crippen molar-refractivity contribution in [3.05, 3.63) is 452 Å². The van der Waals surface area contributed by atoms with Crippen molar-refractivity contribution in [2.24, 2.45) is 0 Å². The summed E-state index contributed by atoms with van der Waals surface area (Å²) < 4.78 is 21.0. The number of para-hydroxylation sites is 15. The molecule has 24 aromatic rings. The zero-order valence-electron chi connectivity index (χ0n) is 79.2. The summed E-state index contributed by atoms with van der Waals surface area (Å²) in [7, 11) is 0. The van der Waals surface area contributed by atoms with Gasteiger partial charge in [-0.05, 0) is 237 Å². The second-order valence-electron chi connectivity index (χ2n) is 38.6. The third kappa shape index (κ3) is 13.4. The number of fused-ring (bicyclic) bond motifs is 28. The van der Waals surface area contributed by atoms with Crippen molar-refractivity contribution >= 4 is 154 Å². The van der Waals surface area contributed by atoms with Gasteiger partial charge in [0.15, 0.2) is 0 Å². The molecule has 9 heterocycles. The molecule has 0 atom stereocenters. The summed E-state index contributed by atoms with van der Waals surface area (Å²) in [6.07, 6.45) is 0. The molecular formula is C127H110N8O. The van der Waals surface area contributed by atoms with Crippen LogP contribution >= 0.6 is 0 Å². The van der Waals surface area contributed by atoms with Crippen LogP contribution in [0.4, 0.5) is 22.7 Å². The van der Waals surface area contributed by atoms with Gasteiger partial charge in [0.1, 0.15) is 11.5 Å². The first kappa shape index (κ1) is 84.4. The van der Waals surface area contributed by atoms with E-state index in [1.807, 2.05) is 0 Å². The van der Waals surface area contributed by atoms with Gasteiger partial charge in [0.2, 0.25) is 0 Å². The molecule has 3 aliphatic rings. The molecule has 3 aliphatic heterocycles. The topological polar surface area (TPSA) is 45.3 Å². The number of benzene rings is 18. The lowest BCUT2D eigenvalue weighted by Gasteiger charge is -2.49. The Morgan fingerprint density at radius 2 is 0.382 bits per heavy atom. The van der Waals surface area contributed by atoms with Crippen LogP contribution < -0.4 is 14.5 Å². The van der Waals surface area contributed by atoms with E-state index in [1.54, 1.807) is 0 Å². The van der Waals surface area contributed by atoms with Crippen molar-refractivity contribution < 1.29 is 4.74 Å². The van der Waals surface area contributed by atoms with Crippen LogP contribution in [-0.4, -0.2) is 39.5 Å². The van der Waals surface area contributed by atoms with Crippen LogP contribution in [0.3, 0.4) is 0 Å². The maximum Gasteiger partial charge on any atom is 0.132 e. The van der Waals surface area contributed by atoms with Gasteiger partial charge in [-0.15, -0.1) is 0 Å².